The van der Waals surface area contributed by atoms with Crippen LogP contribution in [0.1, 0.15) is 11.9 Å². The van der Waals surface area contributed by atoms with Crippen molar-refractivity contribution in [3.63, 3.8) is 0 Å². The first kappa shape index (κ1) is 16.3. The second-order valence-corrected chi connectivity index (χ2v) is 6.05. The number of methoxy groups -OCH3 is 2. The van der Waals surface area contributed by atoms with Crippen LogP contribution < -0.4 is 5.32 Å². The number of ether oxygens (including phenoxy) is 2. The number of benzene rings is 2. The van der Waals surface area contributed by atoms with E-state index in [2.05, 4.69) is 26.4 Å². The summed E-state index contributed by atoms with van der Waals surface area (Å²) in [7, 11) is 3.18. The molecule has 1 aromatic heterocycles. The molecule has 3 rings (SSSR count). The Labute approximate surface area is 146 Å². The fraction of sp³-hybridized carbons (Fsp3) is 0.188. The summed E-state index contributed by atoms with van der Waals surface area (Å²) in [5, 5.41) is 8.65. The minimum atomic E-state index is -0.448. The molecule has 0 fully saturated rings. The highest BCUT2D eigenvalue weighted by Crippen LogP contribution is 2.34. The molecule has 0 bridgehead atoms. The number of fused-ring (bicyclic) bond motifs is 1. The molecule has 0 aliphatic carbocycles. The second kappa shape index (κ2) is 6.88. The van der Waals surface area contributed by atoms with Crippen molar-refractivity contribution in [2.24, 2.45) is 0 Å². The van der Waals surface area contributed by atoms with E-state index in [1.54, 1.807) is 14.2 Å². The molecule has 0 saturated heterocycles. The van der Waals surface area contributed by atoms with Crippen molar-refractivity contribution in [2.75, 3.05) is 19.5 Å². The zero-order valence-corrected chi connectivity index (χ0v) is 14.8. The van der Waals surface area contributed by atoms with Crippen LogP contribution >= 0.6 is 27.5 Å². The van der Waals surface area contributed by atoms with Crippen LogP contribution in [0.2, 0.25) is 5.02 Å². The third-order valence-corrected chi connectivity index (χ3v) is 4.70. The predicted molar refractivity (Wildman–Crippen MR) is 93.2 cm³/mol. The molecule has 1 N–H and O–H groups in total. The zero-order valence-electron chi connectivity index (χ0n) is 12.5. The standard InChI is InChI=1S/C16H14BrClN2O3/c1-21-16(22-2)9-6-7-13-10(8-9)15(20-23-13)19-12-5-3-4-11(17)14(12)18/h3-8,16H,1-2H3,(H,19,20). The fourth-order valence-corrected chi connectivity index (χ4v) is 2.83. The van der Waals surface area contributed by atoms with E-state index in [-0.39, 0.29) is 0 Å². The number of nitrogens with one attached hydrogen (secondary N) is 1. The van der Waals surface area contributed by atoms with E-state index in [1.165, 1.54) is 0 Å². The van der Waals surface area contributed by atoms with E-state index in [4.69, 9.17) is 25.6 Å². The Bertz CT molecular complexity index is 833. The minimum Gasteiger partial charge on any atom is -0.354 e. The van der Waals surface area contributed by atoms with Crippen molar-refractivity contribution < 1.29 is 14.0 Å². The summed E-state index contributed by atoms with van der Waals surface area (Å²) in [5.74, 6) is 0.577. The molecule has 3 aromatic rings. The van der Waals surface area contributed by atoms with Crippen molar-refractivity contribution >= 4 is 50.0 Å². The molecule has 5 nitrogen and oxygen atoms in total. The van der Waals surface area contributed by atoms with Crippen LogP contribution in [0.5, 0.6) is 0 Å². The maximum atomic E-state index is 6.28. The third kappa shape index (κ3) is 3.21. The third-order valence-electron chi connectivity index (χ3n) is 3.40. The molecule has 0 spiro atoms. The van der Waals surface area contributed by atoms with Gasteiger partial charge in [-0.2, -0.15) is 0 Å². The Kier molecular flexibility index (Phi) is 4.87. The van der Waals surface area contributed by atoms with E-state index in [9.17, 15) is 0 Å². The zero-order chi connectivity index (χ0) is 16.4. The van der Waals surface area contributed by atoms with Crippen LogP contribution in [0.3, 0.4) is 0 Å². The lowest BCUT2D eigenvalue weighted by molar-refractivity contribution is -0.105. The first-order chi connectivity index (χ1) is 11.1. The van der Waals surface area contributed by atoms with E-state index in [0.717, 1.165) is 21.1 Å². The summed E-state index contributed by atoms with van der Waals surface area (Å²) >= 11 is 9.68. The molecule has 7 heteroatoms. The average Bonchev–Trinajstić information content (AvgIpc) is 2.95. The van der Waals surface area contributed by atoms with Gasteiger partial charge in [-0.05, 0) is 40.2 Å². The summed E-state index contributed by atoms with van der Waals surface area (Å²) in [4.78, 5) is 0. The quantitative estimate of drug-likeness (QED) is 0.594. The molecule has 0 saturated carbocycles. The average molecular weight is 398 g/mol. The summed E-state index contributed by atoms with van der Waals surface area (Å²) < 4.78 is 16.7. The lowest BCUT2D eigenvalue weighted by Gasteiger charge is -2.13. The van der Waals surface area contributed by atoms with Gasteiger partial charge in [0.05, 0.1) is 16.1 Å². The van der Waals surface area contributed by atoms with Gasteiger partial charge >= 0.3 is 0 Å². The Balaban J connectivity index is 2.01. The molecule has 2 aromatic carbocycles. The highest BCUT2D eigenvalue weighted by atomic mass is 79.9. The van der Waals surface area contributed by atoms with Crippen molar-refractivity contribution in [3.05, 3.63) is 51.5 Å². The predicted octanol–water partition coefficient (Wildman–Crippen LogP) is 5.28. The largest absolute Gasteiger partial charge is 0.354 e. The highest BCUT2D eigenvalue weighted by Gasteiger charge is 2.15. The van der Waals surface area contributed by atoms with Crippen LogP contribution in [-0.4, -0.2) is 19.4 Å². The Morgan fingerprint density at radius 1 is 1.22 bits per heavy atom. The van der Waals surface area contributed by atoms with E-state index in [0.29, 0.717) is 16.4 Å². The van der Waals surface area contributed by atoms with Crippen LogP contribution in [0, 0.1) is 0 Å². The number of hydrogen-bond acceptors (Lipinski definition) is 5. The number of hydrogen-bond donors (Lipinski definition) is 1. The molecule has 120 valence electrons. The molecule has 0 unspecified atom stereocenters. The topological polar surface area (TPSA) is 56.5 Å². The summed E-state index contributed by atoms with van der Waals surface area (Å²) in [6.45, 7) is 0. The number of anilines is 2. The fourth-order valence-electron chi connectivity index (χ4n) is 2.29. The lowest BCUT2D eigenvalue weighted by Crippen LogP contribution is -2.03. The van der Waals surface area contributed by atoms with Crippen LogP contribution in [0.4, 0.5) is 11.5 Å². The molecule has 0 radical (unpaired) electrons. The molecular weight excluding hydrogens is 384 g/mol. The SMILES string of the molecule is COC(OC)c1ccc2onc(Nc3cccc(Br)c3Cl)c2c1. The van der Waals surface area contributed by atoms with Gasteiger partial charge in [0.1, 0.15) is 0 Å². The number of rotatable bonds is 5. The minimum absolute atomic E-state index is 0.448. The number of nitrogens with zero attached hydrogens (tertiary/aromatic N) is 1. The van der Waals surface area contributed by atoms with Gasteiger partial charge in [-0.1, -0.05) is 28.9 Å². The number of aromatic nitrogens is 1. The van der Waals surface area contributed by atoms with Crippen molar-refractivity contribution in [2.45, 2.75) is 6.29 Å². The van der Waals surface area contributed by atoms with E-state index in [1.807, 2.05) is 36.4 Å². The molecule has 0 aliphatic heterocycles. The summed E-state index contributed by atoms with van der Waals surface area (Å²) in [6, 6.07) is 11.2. The molecule has 0 atom stereocenters. The Hall–Kier alpha value is -1.60. The molecule has 0 aliphatic rings. The maximum Gasteiger partial charge on any atom is 0.183 e. The number of halogens is 2. The Morgan fingerprint density at radius 3 is 2.74 bits per heavy atom. The lowest BCUT2D eigenvalue weighted by atomic mass is 10.1. The normalized spacial score (nSPS) is 11.3. The van der Waals surface area contributed by atoms with Crippen molar-refractivity contribution in [3.8, 4) is 0 Å². The van der Waals surface area contributed by atoms with Gasteiger partial charge in [0.2, 0.25) is 0 Å². The van der Waals surface area contributed by atoms with Gasteiger partial charge < -0.3 is 19.3 Å². The van der Waals surface area contributed by atoms with Crippen LogP contribution in [-0.2, 0) is 9.47 Å². The molecular formula is C16H14BrClN2O3. The first-order valence-corrected chi connectivity index (χ1v) is 7.97. The van der Waals surface area contributed by atoms with Gasteiger partial charge in [-0.15, -0.1) is 0 Å². The van der Waals surface area contributed by atoms with E-state index >= 15 is 0 Å². The molecule has 23 heavy (non-hydrogen) atoms. The monoisotopic (exact) mass is 396 g/mol. The van der Waals surface area contributed by atoms with Gasteiger partial charge in [-0.3, -0.25) is 0 Å². The van der Waals surface area contributed by atoms with Crippen LogP contribution in [0.15, 0.2) is 45.4 Å². The Morgan fingerprint density at radius 2 is 2.00 bits per heavy atom. The van der Waals surface area contributed by atoms with Crippen molar-refractivity contribution in [1.82, 2.24) is 5.16 Å². The summed E-state index contributed by atoms with van der Waals surface area (Å²) in [6.07, 6.45) is -0.448. The molecule has 0 amide bonds. The maximum absolute atomic E-state index is 6.28. The molecule has 1 heterocycles. The first-order valence-electron chi connectivity index (χ1n) is 6.80. The van der Waals surface area contributed by atoms with Gasteiger partial charge in [0.25, 0.3) is 0 Å². The van der Waals surface area contributed by atoms with Crippen molar-refractivity contribution in [1.29, 1.82) is 0 Å². The van der Waals surface area contributed by atoms with Gasteiger partial charge in [-0.25, -0.2) is 0 Å². The van der Waals surface area contributed by atoms with Gasteiger partial charge in [0, 0.05) is 24.3 Å². The second-order valence-electron chi connectivity index (χ2n) is 4.82. The highest BCUT2D eigenvalue weighted by molar-refractivity contribution is 9.10. The van der Waals surface area contributed by atoms with Gasteiger partial charge in [0.15, 0.2) is 17.7 Å². The summed E-state index contributed by atoms with van der Waals surface area (Å²) in [5.41, 5.74) is 2.26. The van der Waals surface area contributed by atoms with E-state index < -0.39 is 6.29 Å². The van der Waals surface area contributed by atoms with Crippen LogP contribution in [0.25, 0.3) is 11.0 Å². The smallest absolute Gasteiger partial charge is 0.183 e.